The summed E-state index contributed by atoms with van der Waals surface area (Å²) in [6.45, 7) is 8.84. The lowest BCUT2D eigenvalue weighted by atomic mass is 9.88. The van der Waals surface area contributed by atoms with Crippen LogP contribution in [0.15, 0.2) is 0 Å². The van der Waals surface area contributed by atoms with Gasteiger partial charge >= 0.3 is 0 Å². The summed E-state index contributed by atoms with van der Waals surface area (Å²) in [6, 6.07) is 2.20. The molecule has 0 spiro atoms. The molecule has 0 radical (unpaired) electrons. The third-order valence-corrected chi connectivity index (χ3v) is 2.71. The normalized spacial score (nSPS) is 18.7. The molecular formula is C11H21N3O. The van der Waals surface area contributed by atoms with E-state index in [0.717, 1.165) is 39.3 Å². The highest BCUT2D eigenvalue weighted by atomic mass is 16.5. The minimum Gasteiger partial charge on any atom is -0.379 e. The van der Waals surface area contributed by atoms with Crippen molar-refractivity contribution in [2.75, 3.05) is 32.8 Å². The zero-order valence-electron chi connectivity index (χ0n) is 9.75. The van der Waals surface area contributed by atoms with E-state index in [2.05, 4.69) is 30.4 Å². The number of nitrogens with one attached hydrogen (secondary N) is 1. The molecule has 1 saturated heterocycles. The van der Waals surface area contributed by atoms with E-state index in [0.29, 0.717) is 6.42 Å². The maximum atomic E-state index is 8.55. The van der Waals surface area contributed by atoms with Gasteiger partial charge in [0.2, 0.25) is 0 Å². The SMILES string of the molecule is CC(C)(CCC#N)CNN1CCOCC1. The van der Waals surface area contributed by atoms with E-state index < -0.39 is 0 Å². The predicted molar refractivity (Wildman–Crippen MR) is 59.0 cm³/mol. The molecule has 1 aliphatic rings. The number of morpholine rings is 1. The summed E-state index contributed by atoms with van der Waals surface area (Å²) in [5.74, 6) is 0. The van der Waals surface area contributed by atoms with Gasteiger partial charge in [0.15, 0.2) is 0 Å². The Labute approximate surface area is 92.2 Å². The maximum Gasteiger partial charge on any atom is 0.0621 e. The summed E-state index contributed by atoms with van der Waals surface area (Å²) in [4.78, 5) is 0. The Kier molecular flexibility index (Phi) is 5.03. The van der Waals surface area contributed by atoms with Crippen molar-refractivity contribution in [3.05, 3.63) is 0 Å². The average Bonchev–Trinajstić information content (AvgIpc) is 2.25. The standard InChI is InChI=1S/C11H21N3O/c1-11(2,4-3-5-12)10-13-14-6-8-15-9-7-14/h13H,3-4,6-10H2,1-2H3. The van der Waals surface area contributed by atoms with Gasteiger partial charge in [0.25, 0.3) is 0 Å². The highest BCUT2D eigenvalue weighted by molar-refractivity contribution is 4.78. The molecule has 0 atom stereocenters. The molecule has 0 aliphatic carbocycles. The summed E-state index contributed by atoms with van der Waals surface area (Å²) >= 11 is 0. The van der Waals surface area contributed by atoms with Crippen LogP contribution in [0.2, 0.25) is 0 Å². The van der Waals surface area contributed by atoms with E-state index in [-0.39, 0.29) is 5.41 Å². The topological polar surface area (TPSA) is 48.3 Å². The van der Waals surface area contributed by atoms with Crippen molar-refractivity contribution in [2.45, 2.75) is 26.7 Å². The first-order valence-corrected chi connectivity index (χ1v) is 5.57. The van der Waals surface area contributed by atoms with Crippen LogP contribution in [0.5, 0.6) is 0 Å². The smallest absolute Gasteiger partial charge is 0.0621 e. The van der Waals surface area contributed by atoms with Crippen molar-refractivity contribution < 1.29 is 4.74 Å². The van der Waals surface area contributed by atoms with Gasteiger partial charge in [0.05, 0.1) is 19.3 Å². The van der Waals surface area contributed by atoms with Crippen molar-refractivity contribution in [1.82, 2.24) is 10.4 Å². The van der Waals surface area contributed by atoms with Gasteiger partial charge < -0.3 is 4.74 Å². The molecule has 0 aromatic heterocycles. The van der Waals surface area contributed by atoms with Crippen LogP contribution < -0.4 is 5.43 Å². The van der Waals surface area contributed by atoms with E-state index in [9.17, 15) is 0 Å². The second kappa shape index (κ2) is 6.06. The number of ether oxygens (including phenoxy) is 1. The largest absolute Gasteiger partial charge is 0.379 e. The molecule has 1 N–H and O–H groups in total. The van der Waals surface area contributed by atoms with Crippen LogP contribution >= 0.6 is 0 Å². The molecular weight excluding hydrogens is 190 g/mol. The van der Waals surface area contributed by atoms with Gasteiger partial charge in [-0.15, -0.1) is 0 Å². The molecule has 0 aromatic rings. The summed E-state index contributed by atoms with van der Waals surface area (Å²) in [5, 5.41) is 10.8. The highest BCUT2D eigenvalue weighted by Gasteiger charge is 2.19. The molecule has 1 rings (SSSR count). The van der Waals surface area contributed by atoms with Gasteiger partial charge in [-0.25, -0.2) is 5.01 Å². The van der Waals surface area contributed by atoms with Gasteiger partial charge in [0, 0.05) is 26.1 Å². The fourth-order valence-corrected chi connectivity index (χ4v) is 1.53. The minimum atomic E-state index is 0.189. The first-order valence-electron chi connectivity index (χ1n) is 5.57. The van der Waals surface area contributed by atoms with Crippen molar-refractivity contribution in [3.63, 3.8) is 0 Å². The second-order valence-electron chi connectivity index (χ2n) is 4.76. The van der Waals surface area contributed by atoms with E-state index >= 15 is 0 Å². The molecule has 4 heteroatoms. The molecule has 0 bridgehead atoms. The van der Waals surface area contributed by atoms with Gasteiger partial charge in [-0.1, -0.05) is 13.8 Å². The molecule has 0 saturated carbocycles. The Hall–Kier alpha value is -0.630. The van der Waals surface area contributed by atoms with Crippen LogP contribution in [-0.2, 0) is 4.74 Å². The maximum absolute atomic E-state index is 8.55. The van der Waals surface area contributed by atoms with Crippen LogP contribution in [0.25, 0.3) is 0 Å². The number of nitrogens with zero attached hydrogens (tertiary/aromatic N) is 2. The predicted octanol–water partition coefficient (Wildman–Crippen LogP) is 1.15. The van der Waals surface area contributed by atoms with Crippen molar-refractivity contribution in [1.29, 1.82) is 5.26 Å². The Morgan fingerprint density at radius 1 is 1.40 bits per heavy atom. The average molecular weight is 211 g/mol. The van der Waals surface area contributed by atoms with E-state index in [1.54, 1.807) is 0 Å². The van der Waals surface area contributed by atoms with Crippen LogP contribution in [0.1, 0.15) is 26.7 Å². The summed E-state index contributed by atoms with van der Waals surface area (Å²) in [5.41, 5.74) is 3.60. The fourth-order valence-electron chi connectivity index (χ4n) is 1.53. The second-order valence-corrected chi connectivity index (χ2v) is 4.76. The molecule has 1 heterocycles. The Morgan fingerprint density at radius 2 is 2.07 bits per heavy atom. The Balaban J connectivity index is 2.19. The number of hydrazine groups is 1. The van der Waals surface area contributed by atoms with E-state index in [4.69, 9.17) is 10.00 Å². The van der Waals surface area contributed by atoms with Gasteiger partial charge in [-0.2, -0.15) is 5.26 Å². The molecule has 0 aromatic carbocycles. The lowest BCUT2D eigenvalue weighted by Gasteiger charge is -2.32. The number of hydrogen-bond donors (Lipinski definition) is 1. The Bertz CT molecular complexity index is 216. The third-order valence-electron chi connectivity index (χ3n) is 2.71. The quantitative estimate of drug-likeness (QED) is 0.741. The molecule has 4 nitrogen and oxygen atoms in total. The van der Waals surface area contributed by atoms with Crippen molar-refractivity contribution in [2.24, 2.45) is 5.41 Å². The number of nitriles is 1. The molecule has 0 amide bonds. The van der Waals surface area contributed by atoms with Crippen molar-refractivity contribution in [3.8, 4) is 6.07 Å². The highest BCUT2D eigenvalue weighted by Crippen LogP contribution is 2.20. The van der Waals surface area contributed by atoms with Crippen molar-refractivity contribution >= 4 is 0 Å². The summed E-state index contributed by atoms with van der Waals surface area (Å²) in [7, 11) is 0. The van der Waals surface area contributed by atoms with Crippen LogP contribution in [0.3, 0.4) is 0 Å². The Morgan fingerprint density at radius 3 is 2.67 bits per heavy atom. The molecule has 15 heavy (non-hydrogen) atoms. The van der Waals surface area contributed by atoms with Gasteiger partial charge in [-0.05, 0) is 11.8 Å². The lowest BCUT2D eigenvalue weighted by molar-refractivity contribution is 0.00525. The fraction of sp³-hybridized carbons (Fsp3) is 0.909. The molecule has 86 valence electrons. The molecule has 1 aliphatic heterocycles. The lowest BCUT2D eigenvalue weighted by Crippen LogP contribution is -2.48. The van der Waals surface area contributed by atoms with Crippen LogP contribution in [0, 0.1) is 16.7 Å². The minimum absolute atomic E-state index is 0.189. The van der Waals surface area contributed by atoms with Gasteiger partial charge in [-0.3, -0.25) is 5.43 Å². The van der Waals surface area contributed by atoms with Crippen LogP contribution in [0.4, 0.5) is 0 Å². The van der Waals surface area contributed by atoms with E-state index in [1.165, 1.54) is 0 Å². The molecule has 0 unspecified atom stereocenters. The number of rotatable bonds is 5. The van der Waals surface area contributed by atoms with Crippen LogP contribution in [-0.4, -0.2) is 37.9 Å². The zero-order chi connectivity index (χ0) is 11.1. The number of hydrogen-bond acceptors (Lipinski definition) is 4. The third kappa shape index (κ3) is 5.12. The first-order chi connectivity index (χ1) is 7.14. The molecule has 1 fully saturated rings. The monoisotopic (exact) mass is 211 g/mol. The first kappa shape index (κ1) is 12.4. The zero-order valence-corrected chi connectivity index (χ0v) is 9.75. The summed E-state index contributed by atoms with van der Waals surface area (Å²) < 4.78 is 5.27. The van der Waals surface area contributed by atoms with E-state index in [1.807, 2.05) is 0 Å². The van der Waals surface area contributed by atoms with Gasteiger partial charge in [0.1, 0.15) is 0 Å². The summed E-state index contributed by atoms with van der Waals surface area (Å²) in [6.07, 6.45) is 1.58.